The van der Waals surface area contributed by atoms with Crippen molar-refractivity contribution in [3.05, 3.63) is 10.6 Å². The lowest BCUT2D eigenvalue weighted by Gasteiger charge is -2.35. The minimum absolute atomic E-state index is 0.0585. The number of carbonyl (C=O) groups excluding carboxylic acids is 1. The predicted molar refractivity (Wildman–Crippen MR) is 110 cm³/mol. The van der Waals surface area contributed by atoms with Crippen molar-refractivity contribution in [1.82, 2.24) is 9.79 Å². The number of thioether (sulfide) groups is 1. The maximum Gasteiger partial charge on any atom is 0.348 e. The van der Waals surface area contributed by atoms with Gasteiger partial charge in [-0.25, -0.2) is 14.6 Å². The van der Waals surface area contributed by atoms with Crippen molar-refractivity contribution < 1.29 is 9.63 Å². The third-order valence-electron chi connectivity index (χ3n) is 3.86. The van der Waals surface area contributed by atoms with Gasteiger partial charge in [-0.1, -0.05) is 51.4 Å². The third-order valence-corrected chi connectivity index (χ3v) is 6.73. The smallest absolute Gasteiger partial charge is 0.341 e. The molecule has 0 radical (unpaired) electrons. The Morgan fingerprint density at radius 1 is 1.24 bits per heavy atom. The van der Waals surface area contributed by atoms with Crippen LogP contribution in [0.4, 0.5) is 0 Å². The number of hydrogen-bond acceptors (Lipinski definition) is 7. The quantitative estimate of drug-likeness (QED) is 0.298. The lowest BCUT2D eigenvalue weighted by Crippen LogP contribution is -2.41. The number of aliphatic imine (C=N–C) groups is 1. The number of nitrogens with one attached hydrogen (secondary N) is 1. The van der Waals surface area contributed by atoms with Crippen LogP contribution >= 0.6 is 23.7 Å². The second-order valence-corrected chi connectivity index (χ2v) is 10.4. The zero-order valence-corrected chi connectivity index (χ0v) is 18.5. The second-order valence-electron chi connectivity index (χ2n) is 7.72. The van der Waals surface area contributed by atoms with Crippen LogP contribution in [0.15, 0.2) is 15.6 Å². The van der Waals surface area contributed by atoms with Crippen LogP contribution in [0.1, 0.15) is 61.3 Å². The summed E-state index contributed by atoms with van der Waals surface area (Å²) in [6.45, 7) is 16.4. The molecule has 0 spiro atoms. The Bertz CT molecular complexity index is 533. The van der Waals surface area contributed by atoms with Gasteiger partial charge < -0.3 is 4.84 Å². The molecule has 0 unspecified atom stereocenters. The van der Waals surface area contributed by atoms with Gasteiger partial charge in [0.1, 0.15) is 9.78 Å². The topological polar surface area (TPSA) is 53.9 Å². The zero-order valence-electron chi connectivity index (χ0n) is 16.9. The van der Waals surface area contributed by atoms with Gasteiger partial charge in [0.25, 0.3) is 0 Å². The van der Waals surface area contributed by atoms with Crippen molar-refractivity contribution >= 4 is 34.7 Å². The zero-order chi connectivity index (χ0) is 19.3. The summed E-state index contributed by atoms with van der Waals surface area (Å²) in [7, 11) is 1.80. The van der Waals surface area contributed by atoms with E-state index in [0.29, 0.717) is 0 Å². The van der Waals surface area contributed by atoms with Crippen molar-refractivity contribution in [2.45, 2.75) is 66.1 Å². The Labute approximate surface area is 161 Å². The molecular formula is C18H33N3O2S2. The van der Waals surface area contributed by atoms with E-state index in [1.165, 1.54) is 18.2 Å². The first kappa shape index (κ1) is 22.4. The molecule has 0 aromatic carbocycles. The monoisotopic (exact) mass is 387 g/mol. The predicted octanol–water partition coefficient (Wildman–Crippen LogP) is 4.62. The SMILES string of the molecule is CCC(C)=C(NOC(=O)C(C)(C)SN1CCC1)SC(=NC)C(C)(C)C. The Kier molecular flexibility index (Phi) is 8.35. The van der Waals surface area contributed by atoms with Crippen LogP contribution in [-0.2, 0) is 9.63 Å². The Hall–Kier alpha value is -0.660. The molecule has 0 aromatic heterocycles. The summed E-state index contributed by atoms with van der Waals surface area (Å²) in [6, 6.07) is 0. The van der Waals surface area contributed by atoms with E-state index in [9.17, 15) is 4.79 Å². The highest BCUT2D eigenvalue weighted by Crippen LogP contribution is 2.34. The number of hydroxylamine groups is 1. The van der Waals surface area contributed by atoms with Gasteiger partial charge >= 0.3 is 5.97 Å². The first-order chi connectivity index (χ1) is 11.5. The molecule has 1 saturated heterocycles. The summed E-state index contributed by atoms with van der Waals surface area (Å²) in [5.41, 5.74) is 3.98. The molecular weight excluding hydrogens is 354 g/mol. The van der Waals surface area contributed by atoms with Gasteiger partial charge in [-0.2, -0.15) is 0 Å². The molecule has 0 bridgehead atoms. The van der Waals surface area contributed by atoms with E-state index < -0.39 is 4.75 Å². The molecule has 1 fully saturated rings. The number of allylic oxidation sites excluding steroid dienone is 1. The molecule has 0 amide bonds. The fourth-order valence-corrected chi connectivity index (χ4v) is 4.14. The maximum atomic E-state index is 12.5. The molecule has 5 nitrogen and oxygen atoms in total. The van der Waals surface area contributed by atoms with E-state index in [2.05, 4.69) is 42.5 Å². The van der Waals surface area contributed by atoms with Gasteiger partial charge in [-0.15, -0.1) is 0 Å². The molecule has 144 valence electrons. The molecule has 0 aromatic rings. The minimum atomic E-state index is -0.616. The molecule has 1 heterocycles. The fourth-order valence-electron chi connectivity index (χ4n) is 1.94. The molecule has 1 aliphatic heterocycles. The lowest BCUT2D eigenvalue weighted by molar-refractivity contribution is -0.151. The van der Waals surface area contributed by atoms with Gasteiger partial charge in [-0.05, 0) is 39.2 Å². The Balaban J connectivity index is 2.75. The number of rotatable bonds is 7. The molecule has 1 rings (SSSR count). The Morgan fingerprint density at radius 2 is 1.84 bits per heavy atom. The summed E-state index contributed by atoms with van der Waals surface area (Å²) in [5.74, 6) is -0.267. The molecule has 0 atom stereocenters. The van der Waals surface area contributed by atoms with Crippen LogP contribution in [-0.4, -0.2) is 40.2 Å². The highest BCUT2D eigenvalue weighted by Gasteiger charge is 2.35. The van der Waals surface area contributed by atoms with Gasteiger partial charge in [0, 0.05) is 25.6 Å². The van der Waals surface area contributed by atoms with E-state index in [1.54, 1.807) is 19.0 Å². The average Bonchev–Trinajstić information content (AvgIpc) is 2.48. The molecule has 1 N–H and O–H groups in total. The van der Waals surface area contributed by atoms with Crippen molar-refractivity contribution in [3.8, 4) is 0 Å². The standard InChI is InChI=1S/C18H33N3O2S2/c1-9-13(2)14(24-15(19-8)17(3,4)5)20-23-16(22)18(6,7)25-21-11-10-12-21/h20H,9-12H2,1-8H3. The lowest BCUT2D eigenvalue weighted by atomic mass is 9.99. The average molecular weight is 388 g/mol. The highest BCUT2D eigenvalue weighted by molar-refractivity contribution is 8.17. The number of carbonyl (C=O) groups is 1. The molecule has 1 aliphatic rings. The molecule has 25 heavy (non-hydrogen) atoms. The van der Waals surface area contributed by atoms with Crippen LogP contribution in [0.25, 0.3) is 0 Å². The largest absolute Gasteiger partial charge is 0.348 e. The van der Waals surface area contributed by atoms with Gasteiger partial charge in [0.15, 0.2) is 0 Å². The van der Waals surface area contributed by atoms with E-state index in [4.69, 9.17) is 4.84 Å². The highest BCUT2D eigenvalue weighted by atomic mass is 32.2. The summed E-state index contributed by atoms with van der Waals surface area (Å²) in [5, 5.41) is 1.84. The van der Waals surface area contributed by atoms with Crippen molar-refractivity contribution in [2.75, 3.05) is 20.1 Å². The van der Waals surface area contributed by atoms with Crippen LogP contribution in [0.3, 0.4) is 0 Å². The summed E-state index contributed by atoms with van der Waals surface area (Å²) < 4.78 is 1.58. The normalized spacial score (nSPS) is 17.7. The second kappa shape index (κ2) is 9.33. The number of nitrogens with zero attached hydrogens (tertiary/aromatic N) is 2. The first-order valence-electron chi connectivity index (χ1n) is 8.77. The van der Waals surface area contributed by atoms with Crippen LogP contribution < -0.4 is 5.48 Å². The van der Waals surface area contributed by atoms with Crippen molar-refractivity contribution in [1.29, 1.82) is 0 Å². The van der Waals surface area contributed by atoms with Crippen LogP contribution in [0.2, 0.25) is 0 Å². The van der Waals surface area contributed by atoms with Crippen LogP contribution in [0, 0.1) is 5.41 Å². The fraction of sp³-hybridized carbons (Fsp3) is 0.778. The third kappa shape index (κ3) is 6.87. The maximum absolute atomic E-state index is 12.5. The summed E-state index contributed by atoms with van der Waals surface area (Å²) >= 11 is 3.09. The van der Waals surface area contributed by atoms with E-state index in [1.807, 2.05) is 20.8 Å². The number of hydrogen-bond donors (Lipinski definition) is 1. The van der Waals surface area contributed by atoms with E-state index >= 15 is 0 Å². The van der Waals surface area contributed by atoms with E-state index in [-0.39, 0.29) is 11.4 Å². The molecule has 0 aliphatic carbocycles. The first-order valence-corrected chi connectivity index (χ1v) is 10.4. The minimum Gasteiger partial charge on any atom is -0.341 e. The summed E-state index contributed by atoms with van der Waals surface area (Å²) in [4.78, 5) is 22.4. The van der Waals surface area contributed by atoms with Crippen LogP contribution in [0.5, 0.6) is 0 Å². The van der Waals surface area contributed by atoms with Gasteiger partial charge in [0.2, 0.25) is 0 Å². The molecule has 7 heteroatoms. The van der Waals surface area contributed by atoms with Crippen molar-refractivity contribution in [3.63, 3.8) is 0 Å². The van der Waals surface area contributed by atoms with Gasteiger partial charge in [0.05, 0.1) is 5.04 Å². The summed E-state index contributed by atoms with van der Waals surface area (Å²) in [6.07, 6.45) is 2.07. The van der Waals surface area contributed by atoms with Gasteiger partial charge in [-0.3, -0.25) is 4.99 Å². The van der Waals surface area contributed by atoms with E-state index in [0.717, 1.165) is 35.2 Å². The Morgan fingerprint density at radius 3 is 2.24 bits per heavy atom. The van der Waals surface area contributed by atoms with Crippen molar-refractivity contribution in [2.24, 2.45) is 10.4 Å². The molecule has 0 saturated carbocycles.